The number of nitrogens with zero attached hydrogens (tertiary/aromatic N) is 2. The molecular weight excluding hydrogens is 401 g/mol. The lowest BCUT2D eigenvalue weighted by Gasteiger charge is -2.36. The maximum atomic E-state index is 12.9. The number of rotatable bonds is 3. The normalized spacial score (nSPS) is 17.0. The summed E-state index contributed by atoms with van der Waals surface area (Å²) in [5, 5.41) is 6.91. The molecule has 1 aromatic carbocycles. The zero-order valence-corrected chi connectivity index (χ0v) is 17.3. The Morgan fingerprint density at radius 3 is 2.72 bits per heavy atom. The highest BCUT2D eigenvalue weighted by Crippen LogP contribution is 2.30. The number of carbonyl (C=O) groups is 1. The van der Waals surface area contributed by atoms with Crippen LogP contribution >= 0.6 is 47.8 Å². The van der Waals surface area contributed by atoms with Crippen molar-refractivity contribution < 1.29 is 4.79 Å². The molecule has 8 heteroatoms. The average Bonchev–Trinajstić information content (AvgIpc) is 3.05. The monoisotopic (exact) mass is 421 g/mol. The van der Waals surface area contributed by atoms with Crippen molar-refractivity contribution in [2.75, 3.05) is 19.6 Å². The molecule has 1 aromatic heterocycles. The molecule has 1 N–H and O–H groups in total. The highest BCUT2D eigenvalue weighted by molar-refractivity contribution is 7.09. The fraction of sp³-hybridized carbons (Fsp3) is 0.412. The molecule has 1 amide bonds. The predicted octanol–water partition coefficient (Wildman–Crippen LogP) is 4.55. The molecule has 3 rings (SSSR count). The molecule has 1 aliphatic heterocycles. The molecule has 1 unspecified atom stereocenters. The fourth-order valence-electron chi connectivity index (χ4n) is 2.77. The van der Waals surface area contributed by atoms with Crippen molar-refractivity contribution in [2.24, 2.45) is 0 Å². The third kappa shape index (κ3) is 4.86. The van der Waals surface area contributed by atoms with Crippen LogP contribution in [0.5, 0.6) is 0 Å². The van der Waals surface area contributed by atoms with Gasteiger partial charge in [-0.2, -0.15) is 0 Å². The number of carbonyl (C=O) groups excluding carboxylic acids is 1. The van der Waals surface area contributed by atoms with Gasteiger partial charge in [-0.1, -0.05) is 43.6 Å². The van der Waals surface area contributed by atoms with Crippen LogP contribution in [0.1, 0.15) is 46.9 Å². The standard InChI is InChI=1S/C17H20ClN3OS.2ClH/c1-11(2)16-20-14(10-23-16)17(22)21-8-7-19-9-15(21)12-5-3-4-6-13(12)18;;/h3-6,10-11,15,19H,7-9H2,1-2H3;2*1H. The van der Waals surface area contributed by atoms with Gasteiger partial charge >= 0.3 is 0 Å². The highest BCUT2D eigenvalue weighted by Gasteiger charge is 2.31. The van der Waals surface area contributed by atoms with E-state index >= 15 is 0 Å². The van der Waals surface area contributed by atoms with Gasteiger partial charge in [-0.15, -0.1) is 36.2 Å². The molecule has 25 heavy (non-hydrogen) atoms. The lowest BCUT2D eigenvalue weighted by molar-refractivity contribution is 0.0629. The molecule has 0 radical (unpaired) electrons. The largest absolute Gasteiger partial charge is 0.328 e. The van der Waals surface area contributed by atoms with Gasteiger partial charge in [0.2, 0.25) is 0 Å². The number of hydrogen-bond acceptors (Lipinski definition) is 4. The third-order valence-corrected chi connectivity index (χ3v) is 5.49. The van der Waals surface area contributed by atoms with Gasteiger partial charge in [0.05, 0.1) is 11.0 Å². The van der Waals surface area contributed by atoms with E-state index in [4.69, 9.17) is 11.6 Å². The molecule has 0 spiro atoms. The summed E-state index contributed by atoms with van der Waals surface area (Å²) in [6, 6.07) is 7.66. The Morgan fingerprint density at radius 2 is 2.08 bits per heavy atom. The molecule has 2 heterocycles. The van der Waals surface area contributed by atoms with Crippen molar-refractivity contribution in [3.63, 3.8) is 0 Å². The molecule has 138 valence electrons. The molecule has 0 aliphatic carbocycles. The van der Waals surface area contributed by atoms with Gasteiger partial charge in [0.15, 0.2) is 0 Å². The Balaban J connectivity index is 0.00000156. The molecule has 1 aliphatic rings. The lowest BCUT2D eigenvalue weighted by atomic mass is 10.0. The molecule has 0 bridgehead atoms. The fourth-order valence-corrected chi connectivity index (χ4v) is 3.84. The van der Waals surface area contributed by atoms with E-state index in [1.54, 1.807) is 11.3 Å². The number of hydrogen-bond donors (Lipinski definition) is 1. The molecule has 4 nitrogen and oxygen atoms in total. The van der Waals surface area contributed by atoms with Crippen LogP contribution in [-0.2, 0) is 0 Å². The first kappa shape index (κ1) is 22.2. The van der Waals surface area contributed by atoms with Crippen LogP contribution in [0.2, 0.25) is 5.02 Å². The first-order chi connectivity index (χ1) is 11.1. The van der Waals surface area contributed by atoms with Crippen LogP contribution in [0.3, 0.4) is 0 Å². The van der Waals surface area contributed by atoms with E-state index in [9.17, 15) is 4.79 Å². The number of thiazole rings is 1. The summed E-state index contributed by atoms with van der Waals surface area (Å²) in [6.07, 6.45) is 0. The summed E-state index contributed by atoms with van der Waals surface area (Å²) in [4.78, 5) is 19.3. The smallest absolute Gasteiger partial charge is 0.273 e. The Kier molecular flexibility index (Phi) is 8.64. The summed E-state index contributed by atoms with van der Waals surface area (Å²) in [5.41, 5.74) is 1.52. The van der Waals surface area contributed by atoms with Crippen LogP contribution in [0.4, 0.5) is 0 Å². The van der Waals surface area contributed by atoms with Crippen molar-refractivity contribution >= 4 is 53.7 Å². The third-order valence-electron chi connectivity index (χ3n) is 4.00. The first-order valence-corrected chi connectivity index (χ1v) is 9.05. The molecule has 0 saturated carbocycles. The molecular formula is C17H22Cl3N3OS. The van der Waals surface area contributed by atoms with E-state index in [0.29, 0.717) is 29.7 Å². The second kappa shape index (κ2) is 9.74. The second-order valence-corrected chi connectivity index (χ2v) is 7.26. The van der Waals surface area contributed by atoms with E-state index in [1.165, 1.54) is 0 Å². The second-order valence-electron chi connectivity index (χ2n) is 5.97. The summed E-state index contributed by atoms with van der Waals surface area (Å²) in [5.74, 6) is 0.323. The summed E-state index contributed by atoms with van der Waals surface area (Å²) >= 11 is 7.89. The van der Waals surface area contributed by atoms with E-state index in [1.807, 2.05) is 34.5 Å². The number of amides is 1. The Bertz CT molecular complexity index is 708. The zero-order valence-electron chi connectivity index (χ0n) is 14.1. The Morgan fingerprint density at radius 1 is 1.36 bits per heavy atom. The number of benzene rings is 1. The van der Waals surface area contributed by atoms with Crippen molar-refractivity contribution in [1.29, 1.82) is 0 Å². The van der Waals surface area contributed by atoms with Crippen LogP contribution < -0.4 is 5.32 Å². The van der Waals surface area contributed by atoms with Crippen LogP contribution in [0.15, 0.2) is 29.6 Å². The van der Waals surface area contributed by atoms with Gasteiger partial charge in [-0.3, -0.25) is 4.79 Å². The predicted molar refractivity (Wildman–Crippen MR) is 109 cm³/mol. The Labute approximate surface area is 169 Å². The quantitative estimate of drug-likeness (QED) is 0.789. The SMILES string of the molecule is CC(C)c1nc(C(=O)N2CCNCC2c2ccccc2Cl)cs1.Cl.Cl. The molecule has 2 aromatic rings. The highest BCUT2D eigenvalue weighted by atomic mass is 35.5. The minimum Gasteiger partial charge on any atom is -0.328 e. The van der Waals surface area contributed by atoms with Crippen molar-refractivity contribution in [3.05, 3.63) is 50.9 Å². The summed E-state index contributed by atoms with van der Waals surface area (Å²) in [7, 11) is 0. The van der Waals surface area contributed by atoms with Gasteiger partial charge in [0.1, 0.15) is 5.69 Å². The van der Waals surface area contributed by atoms with Crippen molar-refractivity contribution in [1.82, 2.24) is 15.2 Å². The lowest BCUT2D eigenvalue weighted by Crippen LogP contribution is -2.48. The van der Waals surface area contributed by atoms with E-state index in [2.05, 4.69) is 24.1 Å². The van der Waals surface area contributed by atoms with Crippen LogP contribution in [-0.4, -0.2) is 35.4 Å². The minimum absolute atomic E-state index is 0. The summed E-state index contributed by atoms with van der Waals surface area (Å²) < 4.78 is 0. The maximum Gasteiger partial charge on any atom is 0.273 e. The Hall–Kier alpha value is -0.850. The molecule has 1 saturated heterocycles. The zero-order chi connectivity index (χ0) is 16.4. The van der Waals surface area contributed by atoms with Gasteiger partial charge < -0.3 is 10.2 Å². The maximum absolute atomic E-state index is 12.9. The number of aromatic nitrogens is 1. The first-order valence-electron chi connectivity index (χ1n) is 7.79. The topological polar surface area (TPSA) is 45.2 Å². The minimum atomic E-state index is -0.0610. The molecule has 1 fully saturated rings. The van der Waals surface area contributed by atoms with E-state index in [-0.39, 0.29) is 36.8 Å². The van der Waals surface area contributed by atoms with Crippen LogP contribution in [0, 0.1) is 0 Å². The number of nitrogens with one attached hydrogen (secondary N) is 1. The van der Waals surface area contributed by atoms with Gasteiger partial charge in [-0.25, -0.2) is 4.98 Å². The van der Waals surface area contributed by atoms with Gasteiger partial charge in [-0.05, 0) is 11.6 Å². The van der Waals surface area contributed by atoms with Gasteiger partial charge in [0, 0.05) is 36.0 Å². The van der Waals surface area contributed by atoms with Gasteiger partial charge in [0.25, 0.3) is 5.91 Å². The number of piperazine rings is 1. The van der Waals surface area contributed by atoms with Crippen molar-refractivity contribution in [3.8, 4) is 0 Å². The number of halogens is 3. The summed E-state index contributed by atoms with van der Waals surface area (Å²) in [6.45, 7) is 6.32. The molecule has 1 atom stereocenters. The average molecular weight is 423 g/mol. The van der Waals surface area contributed by atoms with Crippen LogP contribution in [0.25, 0.3) is 0 Å². The van der Waals surface area contributed by atoms with E-state index < -0.39 is 0 Å². The van der Waals surface area contributed by atoms with E-state index in [0.717, 1.165) is 17.1 Å². The van der Waals surface area contributed by atoms with Crippen molar-refractivity contribution in [2.45, 2.75) is 25.8 Å².